The lowest BCUT2D eigenvalue weighted by Gasteiger charge is -2.22. The van der Waals surface area contributed by atoms with E-state index in [1.807, 2.05) is 6.92 Å². The fraction of sp³-hybridized carbons (Fsp3) is 0.500. The lowest BCUT2D eigenvalue weighted by molar-refractivity contribution is -0.0499. The van der Waals surface area contributed by atoms with Crippen LogP contribution in [0.15, 0.2) is 24.3 Å². The van der Waals surface area contributed by atoms with Gasteiger partial charge in [0.2, 0.25) is 0 Å². The second-order valence-electron chi connectivity index (χ2n) is 5.40. The van der Waals surface area contributed by atoms with Crippen molar-refractivity contribution >= 4 is 18.3 Å². The summed E-state index contributed by atoms with van der Waals surface area (Å²) in [5, 5.41) is 0. The molecule has 4 nitrogen and oxygen atoms in total. The first-order valence-corrected chi connectivity index (χ1v) is 6.48. The van der Waals surface area contributed by atoms with E-state index in [9.17, 15) is 13.6 Å². The van der Waals surface area contributed by atoms with E-state index in [4.69, 9.17) is 5.73 Å². The highest BCUT2D eigenvalue weighted by atomic mass is 35.5. The van der Waals surface area contributed by atoms with E-state index in [-0.39, 0.29) is 29.5 Å². The lowest BCUT2D eigenvalue weighted by atomic mass is 9.90. The topological polar surface area (TPSA) is 55.6 Å². The number of alkyl halides is 2. The highest BCUT2D eigenvalue weighted by molar-refractivity contribution is 5.94. The van der Waals surface area contributed by atoms with Crippen molar-refractivity contribution in [3.05, 3.63) is 29.8 Å². The van der Waals surface area contributed by atoms with Gasteiger partial charge in [-0.1, -0.05) is 13.0 Å². The van der Waals surface area contributed by atoms with Crippen molar-refractivity contribution in [2.24, 2.45) is 11.1 Å². The summed E-state index contributed by atoms with van der Waals surface area (Å²) in [6.45, 7) is 0.879. The van der Waals surface area contributed by atoms with Gasteiger partial charge in [0.15, 0.2) is 0 Å². The number of benzene rings is 1. The zero-order valence-corrected chi connectivity index (χ0v) is 12.5. The number of halogens is 3. The van der Waals surface area contributed by atoms with Crippen LogP contribution in [0.5, 0.6) is 5.75 Å². The first kappa shape index (κ1) is 17.7. The highest BCUT2D eigenvalue weighted by Crippen LogP contribution is 2.30. The number of hydrogen-bond donors (Lipinski definition) is 1. The molecule has 1 amide bonds. The van der Waals surface area contributed by atoms with Crippen molar-refractivity contribution in [1.82, 2.24) is 4.90 Å². The number of carbonyl (C=O) groups is 1. The fourth-order valence-electron chi connectivity index (χ4n) is 2.35. The Morgan fingerprint density at radius 1 is 1.52 bits per heavy atom. The summed E-state index contributed by atoms with van der Waals surface area (Å²) in [4.78, 5) is 14.0. The molecule has 0 radical (unpaired) electrons. The maximum absolute atomic E-state index is 12.3. The van der Waals surface area contributed by atoms with Crippen LogP contribution in [0, 0.1) is 5.41 Å². The number of rotatable bonds is 4. The largest absolute Gasteiger partial charge is 0.435 e. The molecule has 118 valence electrons. The molecule has 0 aromatic heterocycles. The lowest BCUT2D eigenvalue weighted by Crippen LogP contribution is -2.34. The molecular weight excluding hydrogens is 302 g/mol. The van der Waals surface area contributed by atoms with Crippen molar-refractivity contribution in [3.63, 3.8) is 0 Å². The number of carbonyl (C=O) groups excluding carboxylic acids is 1. The quantitative estimate of drug-likeness (QED) is 0.927. The second kappa shape index (κ2) is 7.04. The van der Waals surface area contributed by atoms with Crippen LogP contribution in [-0.4, -0.2) is 37.1 Å². The molecule has 1 aliphatic rings. The van der Waals surface area contributed by atoms with E-state index in [2.05, 4.69) is 4.74 Å². The molecule has 1 atom stereocenters. The number of nitrogens with two attached hydrogens (primary N) is 1. The van der Waals surface area contributed by atoms with Gasteiger partial charge in [0.05, 0.1) is 0 Å². The summed E-state index contributed by atoms with van der Waals surface area (Å²) in [5.74, 6) is -0.187. The number of amides is 1. The predicted molar refractivity (Wildman–Crippen MR) is 78.0 cm³/mol. The molecule has 1 aromatic rings. The van der Waals surface area contributed by atoms with Crippen LogP contribution in [0.2, 0.25) is 0 Å². The molecule has 7 heteroatoms. The normalized spacial score (nSPS) is 21.3. The third-order valence-electron chi connectivity index (χ3n) is 3.64. The maximum atomic E-state index is 12.3. The summed E-state index contributed by atoms with van der Waals surface area (Å²) < 4.78 is 28.6. The Balaban J connectivity index is 0.00000220. The number of likely N-dealkylation sites (tertiary alicyclic amines) is 1. The van der Waals surface area contributed by atoms with Crippen molar-refractivity contribution < 1.29 is 18.3 Å². The first-order valence-electron chi connectivity index (χ1n) is 6.48. The molecule has 1 aliphatic heterocycles. The van der Waals surface area contributed by atoms with Crippen LogP contribution < -0.4 is 10.5 Å². The average Bonchev–Trinajstić information content (AvgIpc) is 2.81. The third kappa shape index (κ3) is 4.28. The minimum atomic E-state index is -2.90. The molecule has 1 unspecified atom stereocenters. The standard InChI is InChI=1S/C14H18F2N2O2.ClH/c1-14(8-17)5-6-18(9-14)12(19)10-3-2-4-11(7-10)20-13(15)16;/h2-4,7,13H,5-6,8-9,17H2,1H3;1H. The van der Waals surface area contributed by atoms with Gasteiger partial charge < -0.3 is 15.4 Å². The van der Waals surface area contributed by atoms with Gasteiger partial charge in [0.25, 0.3) is 5.91 Å². The number of ether oxygens (including phenoxy) is 1. The van der Waals surface area contributed by atoms with Crippen LogP contribution in [0.3, 0.4) is 0 Å². The summed E-state index contributed by atoms with van der Waals surface area (Å²) in [6.07, 6.45) is 0.850. The van der Waals surface area contributed by atoms with Gasteiger partial charge in [0.1, 0.15) is 5.75 Å². The minimum Gasteiger partial charge on any atom is -0.435 e. The van der Waals surface area contributed by atoms with E-state index >= 15 is 0 Å². The first-order chi connectivity index (χ1) is 9.43. The summed E-state index contributed by atoms with van der Waals surface area (Å²) >= 11 is 0. The second-order valence-corrected chi connectivity index (χ2v) is 5.40. The van der Waals surface area contributed by atoms with Crippen LogP contribution in [-0.2, 0) is 0 Å². The molecule has 0 spiro atoms. The molecule has 0 bridgehead atoms. The van der Waals surface area contributed by atoms with Gasteiger partial charge in [-0.15, -0.1) is 12.4 Å². The van der Waals surface area contributed by atoms with Crippen LogP contribution in [0.25, 0.3) is 0 Å². The van der Waals surface area contributed by atoms with Gasteiger partial charge in [-0.3, -0.25) is 4.79 Å². The molecule has 2 N–H and O–H groups in total. The monoisotopic (exact) mass is 320 g/mol. The molecule has 0 aliphatic carbocycles. The molecule has 1 heterocycles. The molecule has 1 fully saturated rings. The molecular formula is C14H19ClF2N2O2. The molecule has 1 saturated heterocycles. The zero-order valence-electron chi connectivity index (χ0n) is 11.7. The Kier molecular flexibility index (Phi) is 5.92. The average molecular weight is 321 g/mol. The van der Waals surface area contributed by atoms with Crippen LogP contribution in [0.4, 0.5) is 8.78 Å². The van der Waals surface area contributed by atoms with E-state index in [0.717, 1.165) is 6.42 Å². The third-order valence-corrected chi connectivity index (χ3v) is 3.64. The van der Waals surface area contributed by atoms with Gasteiger partial charge in [-0.2, -0.15) is 8.78 Å². The van der Waals surface area contributed by atoms with Crippen molar-refractivity contribution in [2.75, 3.05) is 19.6 Å². The predicted octanol–water partition coefficient (Wildman–Crippen LogP) is 2.52. The van der Waals surface area contributed by atoms with E-state index < -0.39 is 6.61 Å². The summed E-state index contributed by atoms with van der Waals surface area (Å²) in [7, 11) is 0. The van der Waals surface area contributed by atoms with Crippen molar-refractivity contribution in [2.45, 2.75) is 20.0 Å². The Bertz CT molecular complexity index is 502. The van der Waals surface area contributed by atoms with Gasteiger partial charge >= 0.3 is 6.61 Å². The van der Waals surface area contributed by atoms with E-state index in [1.54, 1.807) is 11.0 Å². The van der Waals surface area contributed by atoms with Crippen molar-refractivity contribution in [1.29, 1.82) is 0 Å². The maximum Gasteiger partial charge on any atom is 0.387 e. The SMILES string of the molecule is CC1(CN)CCN(C(=O)c2cccc(OC(F)F)c2)C1.Cl. The molecule has 21 heavy (non-hydrogen) atoms. The van der Waals surface area contributed by atoms with E-state index in [0.29, 0.717) is 25.2 Å². The van der Waals surface area contributed by atoms with Crippen LogP contribution in [0.1, 0.15) is 23.7 Å². The number of hydrogen-bond acceptors (Lipinski definition) is 3. The Labute approximate surface area is 128 Å². The Morgan fingerprint density at radius 3 is 2.81 bits per heavy atom. The summed E-state index contributed by atoms with van der Waals surface area (Å²) in [5.41, 5.74) is 6.00. The van der Waals surface area contributed by atoms with E-state index in [1.165, 1.54) is 18.2 Å². The highest BCUT2D eigenvalue weighted by Gasteiger charge is 2.35. The minimum absolute atomic E-state index is 0. The smallest absolute Gasteiger partial charge is 0.387 e. The Morgan fingerprint density at radius 2 is 2.24 bits per heavy atom. The van der Waals surface area contributed by atoms with Gasteiger partial charge in [-0.05, 0) is 36.6 Å². The summed E-state index contributed by atoms with van der Waals surface area (Å²) in [6, 6.07) is 5.87. The molecule has 2 rings (SSSR count). The van der Waals surface area contributed by atoms with Gasteiger partial charge in [0, 0.05) is 18.7 Å². The molecule has 1 aromatic carbocycles. The van der Waals surface area contributed by atoms with Gasteiger partial charge in [-0.25, -0.2) is 0 Å². The van der Waals surface area contributed by atoms with Crippen LogP contribution >= 0.6 is 12.4 Å². The van der Waals surface area contributed by atoms with Crippen molar-refractivity contribution in [3.8, 4) is 5.75 Å². The zero-order chi connectivity index (χ0) is 14.8. The fourth-order valence-corrected chi connectivity index (χ4v) is 2.35. The number of nitrogens with zero attached hydrogens (tertiary/aromatic N) is 1. The molecule has 0 saturated carbocycles. The Hall–Kier alpha value is -1.40.